The molecule has 0 aliphatic carbocycles. The van der Waals surface area contributed by atoms with Gasteiger partial charge in [-0.3, -0.25) is 15.5 Å². The van der Waals surface area contributed by atoms with E-state index < -0.39 is 10.5 Å². The number of nitrogens with one attached hydrogen (secondary N) is 1. The Morgan fingerprint density at radius 1 is 1.06 bits per heavy atom. The van der Waals surface area contributed by atoms with Crippen molar-refractivity contribution >= 4 is 50.1 Å². The Bertz CT molecular complexity index is 1550. The molecule has 0 fully saturated rings. The number of nitrogens with zero attached hydrogens (tertiary/aromatic N) is 3. The number of aromatic nitrogens is 1. The van der Waals surface area contributed by atoms with Crippen LogP contribution >= 0.6 is 11.3 Å². The fourth-order valence-electron chi connectivity index (χ4n) is 3.34. The van der Waals surface area contributed by atoms with Gasteiger partial charge in [-0.15, -0.1) is 0 Å². The SMILES string of the molecule is O=c1oc2ccc3ccccc3c2cc1-c1cnc(N/N=C/c2ccc([N+](=O)[O-])cc2)s1. The van der Waals surface area contributed by atoms with Crippen molar-refractivity contribution in [1.82, 2.24) is 4.98 Å². The summed E-state index contributed by atoms with van der Waals surface area (Å²) in [5, 5.41) is 18.2. The zero-order valence-corrected chi connectivity index (χ0v) is 17.2. The lowest BCUT2D eigenvalue weighted by atomic mass is 10.0. The molecule has 32 heavy (non-hydrogen) atoms. The van der Waals surface area contributed by atoms with Crippen LogP contribution in [0.15, 0.2) is 87.2 Å². The van der Waals surface area contributed by atoms with Gasteiger partial charge in [0.05, 0.1) is 21.6 Å². The average Bonchev–Trinajstić information content (AvgIpc) is 3.27. The molecule has 2 heterocycles. The van der Waals surface area contributed by atoms with Crippen LogP contribution in [0.3, 0.4) is 0 Å². The van der Waals surface area contributed by atoms with Crippen molar-refractivity contribution in [1.29, 1.82) is 0 Å². The zero-order valence-electron chi connectivity index (χ0n) is 16.4. The minimum absolute atomic E-state index is 0.0154. The van der Waals surface area contributed by atoms with E-state index in [0.29, 0.717) is 26.7 Å². The van der Waals surface area contributed by atoms with Crippen molar-refractivity contribution in [2.75, 3.05) is 5.43 Å². The molecule has 0 spiro atoms. The molecule has 0 saturated heterocycles. The molecule has 5 rings (SSSR count). The van der Waals surface area contributed by atoms with Gasteiger partial charge in [-0.05, 0) is 40.6 Å². The normalized spacial score (nSPS) is 11.4. The summed E-state index contributed by atoms with van der Waals surface area (Å²) in [6.07, 6.45) is 3.12. The predicted octanol–water partition coefficient (Wildman–Crippen LogP) is 5.42. The number of fused-ring (bicyclic) bond motifs is 3. The molecule has 156 valence electrons. The van der Waals surface area contributed by atoms with Gasteiger partial charge in [0.25, 0.3) is 5.69 Å². The topological polar surface area (TPSA) is 111 Å². The Morgan fingerprint density at radius 3 is 2.69 bits per heavy atom. The molecule has 8 nitrogen and oxygen atoms in total. The molecule has 0 aliphatic rings. The maximum absolute atomic E-state index is 12.6. The third kappa shape index (κ3) is 3.72. The third-order valence-corrected chi connectivity index (χ3v) is 5.83. The molecule has 1 N–H and O–H groups in total. The van der Waals surface area contributed by atoms with Crippen molar-refractivity contribution in [3.63, 3.8) is 0 Å². The van der Waals surface area contributed by atoms with Gasteiger partial charge < -0.3 is 4.42 Å². The zero-order chi connectivity index (χ0) is 22.1. The maximum atomic E-state index is 12.6. The third-order valence-electron chi connectivity index (χ3n) is 4.89. The summed E-state index contributed by atoms with van der Waals surface area (Å²) >= 11 is 1.27. The molecule has 0 aliphatic heterocycles. The number of hydrazone groups is 1. The van der Waals surface area contributed by atoms with Crippen LogP contribution in [0.5, 0.6) is 0 Å². The first-order valence-electron chi connectivity index (χ1n) is 9.54. The van der Waals surface area contributed by atoms with Crippen molar-refractivity contribution in [2.24, 2.45) is 5.10 Å². The van der Waals surface area contributed by atoms with Crippen molar-refractivity contribution < 1.29 is 9.34 Å². The van der Waals surface area contributed by atoms with Crippen LogP contribution in [0, 0.1) is 10.1 Å². The maximum Gasteiger partial charge on any atom is 0.345 e. The average molecular weight is 442 g/mol. The van der Waals surface area contributed by atoms with Crippen molar-refractivity contribution in [3.8, 4) is 10.4 Å². The number of hydrogen-bond acceptors (Lipinski definition) is 8. The van der Waals surface area contributed by atoms with Crippen LogP contribution in [0.2, 0.25) is 0 Å². The highest BCUT2D eigenvalue weighted by Crippen LogP contribution is 2.31. The van der Waals surface area contributed by atoms with Gasteiger partial charge in [-0.25, -0.2) is 9.78 Å². The molecule has 0 amide bonds. The molecule has 0 radical (unpaired) electrons. The van der Waals surface area contributed by atoms with Gasteiger partial charge in [0, 0.05) is 23.7 Å². The first-order chi connectivity index (χ1) is 15.6. The van der Waals surface area contributed by atoms with Crippen LogP contribution in [-0.2, 0) is 0 Å². The molecule has 0 saturated carbocycles. The molecule has 0 atom stereocenters. The number of anilines is 1. The molecule has 0 unspecified atom stereocenters. The second kappa shape index (κ2) is 8.05. The number of nitro groups is 1. The first kappa shape index (κ1) is 19.6. The molecular formula is C23H14N4O4S. The fourth-order valence-corrected chi connectivity index (χ4v) is 4.11. The van der Waals surface area contributed by atoms with Gasteiger partial charge in [0.15, 0.2) is 0 Å². The van der Waals surface area contributed by atoms with E-state index in [-0.39, 0.29) is 5.69 Å². The lowest BCUT2D eigenvalue weighted by molar-refractivity contribution is -0.384. The number of thiazole rings is 1. The summed E-state index contributed by atoms with van der Waals surface area (Å²) in [6.45, 7) is 0. The second-order valence-electron chi connectivity index (χ2n) is 6.89. The van der Waals surface area contributed by atoms with Crippen molar-refractivity contribution in [3.05, 3.63) is 99.0 Å². The second-order valence-corrected chi connectivity index (χ2v) is 7.92. The van der Waals surface area contributed by atoms with Crippen LogP contribution < -0.4 is 11.1 Å². The predicted molar refractivity (Wildman–Crippen MR) is 125 cm³/mol. The van der Waals surface area contributed by atoms with Crippen LogP contribution in [-0.4, -0.2) is 16.1 Å². The smallest absolute Gasteiger partial charge is 0.345 e. The summed E-state index contributed by atoms with van der Waals surface area (Å²) in [5.74, 6) is 0. The first-order valence-corrected chi connectivity index (χ1v) is 10.4. The van der Waals surface area contributed by atoms with Gasteiger partial charge in [0.1, 0.15) is 5.58 Å². The Hall–Kier alpha value is -4.37. The highest BCUT2D eigenvalue weighted by molar-refractivity contribution is 7.18. The Kier molecular flexibility index (Phi) is 4.92. The van der Waals surface area contributed by atoms with Crippen molar-refractivity contribution in [2.45, 2.75) is 0 Å². The van der Waals surface area contributed by atoms with E-state index >= 15 is 0 Å². The van der Waals surface area contributed by atoms with E-state index in [1.807, 2.05) is 36.4 Å². The Balaban J connectivity index is 1.41. The van der Waals surface area contributed by atoms with Gasteiger partial charge in [-0.2, -0.15) is 5.10 Å². The lowest BCUT2D eigenvalue weighted by Crippen LogP contribution is -2.01. The lowest BCUT2D eigenvalue weighted by Gasteiger charge is -2.04. The van der Waals surface area contributed by atoms with E-state index in [9.17, 15) is 14.9 Å². The summed E-state index contributed by atoms with van der Waals surface area (Å²) in [4.78, 5) is 27.7. The molecule has 2 aromatic heterocycles. The highest BCUT2D eigenvalue weighted by atomic mass is 32.1. The van der Waals surface area contributed by atoms with Gasteiger partial charge in [0.2, 0.25) is 5.13 Å². The number of rotatable bonds is 5. The number of benzene rings is 3. The monoisotopic (exact) mass is 442 g/mol. The molecule has 9 heteroatoms. The number of non-ortho nitro benzene ring substituents is 1. The largest absolute Gasteiger partial charge is 0.422 e. The minimum Gasteiger partial charge on any atom is -0.422 e. The molecule has 5 aromatic rings. The van der Waals surface area contributed by atoms with Gasteiger partial charge >= 0.3 is 5.63 Å². The van der Waals surface area contributed by atoms with E-state index in [1.54, 1.807) is 24.4 Å². The minimum atomic E-state index is -0.456. The summed E-state index contributed by atoms with van der Waals surface area (Å²) in [5.41, 5.74) is 4.06. The van der Waals surface area contributed by atoms with E-state index in [2.05, 4.69) is 15.5 Å². The number of hydrogen-bond donors (Lipinski definition) is 1. The van der Waals surface area contributed by atoms with Gasteiger partial charge in [-0.1, -0.05) is 41.7 Å². The highest BCUT2D eigenvalue weighted by Gasteiger charge is 2.13. The Morgan fingerprint density at radius 2 is 1.88 bits per heavy atom. The summed E-state index contributed by atoms with van der Waals surface area (Å²) in [6, 6.07) is 19.5. The van der Waals surface area contributed by atoms with Crippen LogP contribution in [0.1, 0.15) is 5.56 Å². The quantitative estimate of drug-likeness (QED) is 0.128. The summed E-state index contributed by atoms with van der Waals surface area (Å²) < 4.78 is 5.56. The van der Waals surface area contributed by atoms with Crippen LogP contribution in [0.25, 0.3) is 32.2 Å². The van der Waals surface area contributed by atoms with Crippen LogP contribution in [0.4, 0.5) is 10.8 Å². The molecule has 3 aromatic carbocycles. The molecule has 0 bridgehead atoms. The van der Waals surface area contributed by atoms with E-state index in [1.165, 1.54) is 29.7 Å². The standard InChI is InChI=1S/C23H14N4O4S/c28-22-19(11-18-17-4-2-1-3-15(17)7-10-20(18)31-22)21-13-24-23(32-21)26-25-12-14-5-8-16(9-6-14)27(29)30/h1-13H,(H,24,26)/b25-12+. The Labute approximate surface area is 184 Å². The summed E-state index contributed by atoms with van der Waals surface area (Å²) in [7, 11) is 0. The van der Waals surface area contributed by atoms with E-state index in [4.69, 9.17) is 4.42 Å². The number of nitro benzene ring substituents is 1. The fraction of sp³-hybridized carbons (Fsp3) is 0. The molecular weight excluding hydrogens is 428 g/mol. The van der Waals surface area contributed by atoms with E-state index in [0.717, 1.165) is 16.2 Å².